The highest BCUT2D eigenvalue weighted by Crippen LogP contribution is 2.26. The van der Waals surface area contributed by atoms with Crippen molar-refractivity contribution in [3.05, 3.63) is 23.5 Å². The number of rotatable bonds is 2. The molecule has 0 saturated carbocycles. The molecule has 0 aliphatic carbocycles. The van der Waals surface area contributed by atoms with Gasteiger partial charge in [0.25, 0.3) is 0 Å². The first kappa shape index (κ1) is 10.4. The number of pyridine rings is 1. The van der Waals surface area contributed by atoms with Gasteiger partial charge in [0.1, 0.15) is 0 Å². The molecule has 2 heterocycles. The second kappa shape index (κ2) is 4.19. The third-order valence-electron chi connectivity index (χ3n) is 3.08. The average Bonchev–Trinajstić information content (AvgIpc) is 2.65. The van der Waals surface area contributed by atoms with E-state index in [1.54, 1.807) is 0 Å². The Morgan fingerprint density at radius 1 is 1.60 bits per heavy atom. The van der Waals surface area contributed by atoms with Crippen molar-refractivity contribution in [3.8, 4) is 0 Å². The molecule has 1 aliphatic rings. The van der Waals surface area contributed by atoms with Gasteiger partial charge in [-0.1, -0.05) is 6.92 Å². The maximum absolute atomic E-state index is 5.74. The number of anilines is 1. The lowest BCUT2D eigenvalue weighted by atomic mass is 10.1. The summed E-state index contributed by atoms with van der Waals surface area (Å²) in [6.45, 7) is 7.21. The zero-order valence-corrected chi connectivity index (χ0v) is 9.53. The molecule has 1 saturated heterocycles. The van der Waals surface area contributed by atoms with E-state index in [1.807, 2.05) is 13.1 Å². The van der Waals surface area contributed by atoms with Crippen molar-refractivity contribution >= 4 is 5.69 Å². The lowest BCUT2D eigenvalue weighted by Gasteiger charge is -2.21. The Hall–Kier alpha value is -1.09. The van der Waals surface area contributed by atoms with Crippen LogP contribution in [0.15, 0.2) is 12.3 Å². The van der Waals surface area contributed by atoms with Gasteiger partial charge < -0.3 is 10.6 Å². The van der Waals surface area contributed by atoms with E-state index >= 15 is 0 Å². The van der Waals surface area contributed by atoms with E-state index < -0.39 is 0 Å². The van der Waals surface area contributed by atoms with E-state index in [4.69, 9.17) is 5.73 Å². The van der Waals surface area contributed by atoms with Crippen LogP contribution in [0.1, 0.15) is 24.6 Å². The topological polar surface area (TPSA) is 42.1 Å². The van der Waals surface area contributed by atoms with Crippen LogP contribution in [0.3, 0.4) is 0 Å². The van der Waals surface area contributed by atoms with Crippen molar-refractivity contribution in [2.45, 2.75) is 26.8 Å². The van der Waals surface area contributed by atoms with Gasteiger partial charge in [-0.15, -0.1) is 0 Å². The second-order valence-electron chi connectivity index (χ2n) is 4.50. The normalized spacial score (nSPS) is 21.0. The van der Waals surface area contributed by atoms with Crippen LogP contribution in [-0.2, 0) is 6.54 Å². The van der Waals surface area contributed by atoms with Crippen molar-refractivity contribution in [1.29, 1.82) is 0 Å². The molecule has 0 bridgehead atoms. The molecule has 0 aromatic carbocycles. The van der Waals surface area contributed by atoms with Crippen molar-refractivity contribution < 1.29 is 0 Å². The van der Waals surface area contributed by atoms with Gasteiger partial charge in [0, 0.05) is 42.8 Å². The summed E-state index contributed by atoms with van der Waals surface area (Å²) in [6, 6.07) is 2.15. The first-order chi connectivity index (χ1) is 7.20. The van der Waals surface area contributed by atoms with Gasteiger partial charge in [-0.2, -0.15) is 0 Å². The fraction of sp³-hybridized carbons (Fsp3) is 0.583. The first-order valence-electron chi connectivity index (χ1n) is 5.61. The molecule has 1 unspecified atom stereocenters. The molecule has 2 N–H and O–H groups in total. The number of hydrogen-bond donors (Lipinski definition) is 1. The summed E-state index contributed by atoms with van der Waals surface area (Å²) < 4.78 is 0. The van der Waals surface area contributed by atoms with Crippen molar-refractivity contribution in [3.63, 3.8) is 0 Å². The predicted molar refractivity (Wildman–Crippen MR) is 62.9 cm³/mol. The fourth-order valence-corrected chi connectivity index (χ4v) is 2.18. The maximum Gasteiger partial charge on any atom is 0.0445 e. The lowest BCUT2D eigenvalue weighted by Crippen LogP contribution is -2.21. The molecule has 1 fully saturated rings. The number of nitrogens with two attached hydrogens (primary N) is 1. The minimum atomic E-state index is 0.577. The number of nitrogens with zero attached hydrogens (tertiary/aromatic N) is 2. The quantitative estimate of drug-likeness (QED) is 0.799. The molecule has 0 radical (unpaired) electrons. The Bertz CT molecular complexity index is 349. The fourth-order valence-electron chi connectivity index (χ4n) is 2.18. The average molecular weight is 205 g/mol. The van der Waals surface area contributed by atoms with Gasteiger partial charge in [-0.05, 0) is 25.3 Å². The Morgan fingerprint density at radius 2 is 2.40 bits per heavy atom. The molecule has 1 aliphatic heterocycles. The van der Waals surface area contributed by atoms with Crippen LogP contribution in [-0.4, -0.2) is 18.1 Å². The summed E-state index contributed by atoms with van der Waals surface area (Å²) in [5, 5.41) is 0. The van der Waals surface area contributed by atoms with E-state index in [-0.39, 0.29) is 0 Å². The third kappa shape index (κ3) is 2.12. The van der Waals surface area contributed by atoms with Crippen LogP contribution in [0, 0.1) is 12.8 Å². The Labute approximate surface area is 91.3 Å². The molecule has 82 valence electrons. The van der Waals surface area contributed by atoms with Crippen LogP contribution >= 0.6 is 0 Å². The highest BCUT2D eigenvalue weighted by Gasteiger charge is 2.20. The van der Waals surface area contributed by atoms with E-state index in [0.29, 0.717) is 6.54 Å². The smallest absolute Gasteiger partial charge is 0.0445 e. The van der Waals surface area contributed by atoms with Crippen LogP contribution in [0.25, 0.3) is 0 Å². The molecule has 2 rings (SSSR count). The molecule has 3 heteroatoms. The lowest BCUT2D eigenvalue weighted by molar-refractivity contribution is 0.659. The molecular weight excluding hydrogens is 186 g/mol. The molecule has 1 atom stereocenters. The largest absolute Gasteiger partial charge is 0.371 e. The SMILES string of the molecule is Cc1cc(N2CCC(C)C2)c(CN)cn1. The van der Waals surface area contributed by atoms with Gasteiger partial charge >= 0.3 is 0 Å². The highest BCUT2D eigenvalue weighted by atomic mass is 15.2. The zero-order valence-electron chi connectivity index (χ0n) is 9.53. The summed E-state index contributed by atoms with van der Waals surface area (Å²) in [5.41, 5.74) is 9.26. The van der Waals surface area contributed by atoms with Crippen molar-refractivity contribution in [1.82, 2.24) is 4.98 Å². The van der Waals surface area contributed by atoms with Gasteiger partial charge in [-0.25, -0.2) is 0 Å². The predicted octanol–water partition coefficient (Wildman–Crippen LogP) is 1.69. The minimum Gasteiger partial charge on any atom is -0.371 e. The molecule has 3 nitrogen and oxygen atoms in total. The third-order valence-corrected chi connectivity index (χ3v) is 3.08. The minimum absolute atomic E-state index is 0.577. The van der Waals surface area contributed by atoms with Gasteiger partial charge in [0.2, 0.25) is 0 Å². The maximum atomic E-state index is 5.74. The van der Waals surface area contributed by atoms with Crippen LogP contribution in [0.2, 0.25) is 0 Å². The molecule has 0 amide bonds. The summed E-state index contributed by atoms with van der Waals surface area (Å²) in [5.74, 6) is 0.795. The number of aromatic nitrogens is 1. The van der Waals surface area contributed by atoms with Crippen LogP contribution in [0.4, 0.5) is 5.69 Å². The first-order valence-corrected chi connectivity index (χ1v) is 5.61. The van der Waals surface area contributed by atoms with Crippen LogP contribution < -0.4 is 10.6 Å². The molecular formula is C12H19N3. The Morgan fingerprint density at radius 3 is 3.00 bits per heavy atom. The summed E-state index contributed by atoms with van der Waals surface area (Å²) in [6.07, 6.45) is 3.19. The Balaban J connectivity index is 2.29. The molecule has 15 heavy (non-hydrogen) atoms. The Kier molecular flexibility index (Phi) is 2.91. The summed E-state index contributed by atoms with van der Waals surface area (Å²) in [7, 11) is 0. The number of hydrogen-bond acceptors (Lipinski definition) is 3. The van der Waals surface area contributed by atoms with Crippen molar-refractivity contribution in [2.24, 2.45) is 11.7 Å². The van der Waals surface area contributed by atoms with Gasteiger partial charge in [0.15, 0.2) is 0 Å². The van der Waals surface area contributed by atoms with E-state index in [2.05, 4.69) is 22.9 Å². The van der Waals surface area contributed by atoms with E-state index in [1.165, 1.54) is 12.1 Å². The van der Waals surface area contributed by atoms with E-state index in [0.717, 1.165) is 30.3 Å². The molecule has 0 spiro atoms. The number of aryl methyl sites for hydroxylation is 1. The van der Waals surface area contributed by atoms with Crippen molar-refractivity contribution in [2.75, 3.05) is 18.0 Å². The summed E-state index contributed by atoms with van der Waals surface area (Å²) >= 11 is 0. The van der Waals surface area contributed by atoms with E-state index in [9.17, 15) is 0 Å². The van der Waals surface area contributed by atoms with Crippen LogP contribution in [0.5, 0.6) is 0 Å². The monoisotopic (exact) mass is 205 g/mol. The zero-order chi connectivity index (χ0) is 10.8. The summed E-state index contributed by atoms with van der Waals surface area (Å²) in [4.78, 5) is 6.73. The molecule has 1 aromatic rings. The standard InChI is InChI=1S/C12H19N3/c1-9-3-4-15(8-9)12-5-10(2)14-7-11(12)6-13/h5,7,9H,3-4,6,8,13H2,1-2H3. The molecule has 1 aromatic heterocycles. The second-order valence-corrected chi connectivity index (χ2v) is 4.50. The van der Waals surface area contributed by atoms with Gasteiger partial charge in [0.05, 0.1) is 0 Å². The van der Waals surface area contributed by atoms with Gasteiger partial charge in [-0.3, -0.25) is 4.98 Å². The highest BCUT2D eigenvalue weighted by molar-refractivity contribution is 5.54.